The van der Waals surface area contributed by atoms with E-state index in [9.17, 15) is 4.79 Å². The Morgan fingerprint density at radius 2 is 2.00 bits per heavy atom. The van der Waals surface area contributed by atoms with E-state index in [1.165, 1.54) is 15.3 Å². The average Bonchev–Trinajstić information content (AvgIpc) is 2.66. The van der Waals surface area contributed by atoms with Crippen LogP contribution in [-0.2, 0) is 6.54 Å². The van der Waals surface area contributed by atoms with Gasteiger partial charge in [-0.2, -0.15) is 0 Å². The number of aryl methyl sites for hydroxylation is 2. The molecule has 100 valence electrons. The van der Waals surface area contributed by atoms with Crippen molar-refractivity contribution in [3.8, 4) is 0 Å². The molecule has 0 saturated heterocycles. The number of nitrogens with one attached hydrogen (secondary N) is 1. The normalized spacial score (nSPS) is 10.5. The van der Waals surface area contributed by atoms with E-state index in [1.54, 1.807) is 17.4 Å². The summed E-state index contributed by atoms with van der Waals surface area (Å²) in [6.07, 6.45) is 0. The Labute approximate surface area is 133 Å². The third-order valence-corrected chi connectivity index (χ3v) is 5.12. The largest absolute Gasteiger partial charge is 0.347 e. The fourth-order valence-corrected chi connectivity index (χ4v) is 3.89. The van der Waals surface area contributed by atoms with E-state index in [4.69, 9.17) is 0 Å². The molecular weight excluding hydrogens is 390 g/mol. The molecule has 0 aliphatic heterocycles. The van der Waals surface area contributed by atoms with Crippen molar-refractivity contribution >= 4 is 49.1 Å². The number of carbonyl (C=O) groups excluding carboxylic acids is 1. The second-order valence-corrected chi connectivity index (χ2v) is 7.37. The van der Waals surface area contributed by atoms with Crippen LogP contribution in [0, 0.1) is 13.8 Å². The number of hydrogen-bond acceptors (Lipinski definition) is 2. The molecule has 1 aromatic heterocycles. The topological polar surface area (TPSA) is 29.1 Å². The highest BCUT2D eigenvalue weighted by atomic mass is 79.9. The molecule has 19 heavy (non-hydrogen) atoms. The summed E-state index contributed by atoms with van der Waals surface area (Å²) in [6, 6.07) is 7.65. The molecule has 2 nitrogen and oxygen atoms in total. The predicted octanol–water partition coefficient (Wildman–Crippen LogP) is 4.82. The summed E-state index contributed by atoms with van der Waals surface area (Å²) in [5.41, 5.74) is 1.92. The number of carbonyl (C=O) groups is 1. The lowest BCUT2D eigenvalue weighted by atomic mass is 10.2. The van der Waals surface area contributed by atoms with Gasteiger partial charge in [-0.05, 0) is 59.6 Å². The quantitative estimate of drug-likeness (QED) is 0.783. The number of hydrogen-bond donors (Lipinski definition) is 1. The summed E-state index contributed by atoms with van der Waals surface area (Å²) in [5.74, 6) is -0.0666. The van der Waals surface area contributed by atoms with Crippen LogP contribution < -0.4 is 5.32 Å². The molecule has 2 rings (SSSR count). The van der Waals surface area contributed by atoms with Crippen LogP contribution in [0.1, 0.15) is 25.7 Å². The number of benzene rings is 1. The van der Waals surface area contributed by atoms with Crippen molar-refractivity contribution in [2.45, 2.75) is 20.4 Å². The van der Waals surface area contributed by atoms with Crippen molar-refractivity contribution in [2.24, 2.45) is 0 Å². The second kappa shape index (κ2) is 6.20. The van der Waals surface area contributed by atoms with Gasteiger partial charge >= 0.3 is 0 Å². The Morgan fingerprint density at radius 1 is 1.26 bits per heavy atom. The molecule has 1 amide bonds. The molecule has 0 spiro atoms. The van der Waals surface area contributed by atoms with Crippen molar-refractivity contribution in [3.05, 3.63) is 54.1 Å². The van der Waals surface area contributed by atoms with Crippen LogP contribution >= 0.6 is 43.2 Å². The fraction of sp³-hybridized carbons (Fsp3) is 0.214. The molecule has 0 saturated carbocycles. The summed E-state index contributed by atoms with van der Waals surface area (Å²) in [7, 11) is 0. The monoisotopic (exact) mass is 401 g/mol. The van der Waals surface area contributed by atoms with E-state index in [2.05, 4.69) is 57.1 Å². The van der Waals surface area contributed by atoms with E-state index in [1.807, 2.05) is 12.1 Å². The standard InChI is InChI=1S/C14H13Br2NOS/c1-8-5-11(19-9(8)2)7-17-14(18)12-4-3-10(15)6-13(12)16/h3-6H,7H2,1-2H3,(H,17,18). The van der Waals surface area contributed by atoms with Gasteiger partial charge in [0.1, 0.15) is 0 Å². The molecule has 0 aliphatic rings. The summed E-state index contributed by atoms with van der Waals surface area (Å²) in [4.78, 5) is 14.6. The number of halogens is 2. The molecule has 0 bridgehead atoms. The lowest BCUT2D eigenvalue weighted by Crippen LogP contribution is -2.22. The predicted molar refractivity (Wildman–Crippen MR) is 86.8 cm³/mol. The molecule has 1 heterocycles. The molecule has 0 unspecified atom stereocenters. The zero-order chi connectivity index (χ0) is 14.0. The van der Waals surface area contributed by atoms with Crippen molar-refractivity contribution in [1.82, 2.24) is 5.32 Å². The highest BCUT2D eigenvalue weighted by Gasteiger charge is 2.10. The maximum Gasteiger partial charge on any atom is 0.252 e. The van der Waals surface area contributed by atoms with Crippen LogP contribution in [-0.4, -0.2) is 5.91 Å². The summed E-state index contributed by atoms with van der Waals surface area (Å²) in [5, 5.41) is 2.94. The van der Waals surface area contributed by atoms with Crippen molar-refractivity contribution < 1.29 is 4.79 Å². The van der Waals surface area contributed by atoms with Gasteiger partial charge in [-0.25, -0.2) is 0 Å². The molecule has 0 radical (unpaired) electrons. The first-order valence-corrected chi connectivity index (χ1v) is 8.17. The van der Waals surface area contributed by atoms with Gasteiger partial charge in [-0.15, -0.1) is 11.3 Å². The number of rotatable bonds is 3. The van der Waals surface area contributed by atoms with Crippen molar-refractivity contribution in [1.29, 1.82) is 0 Å². The molecule has 2 aromatic rings. The average molecular weight is 403 g/mol. The zero-order valence-corrected chi connectivity index (χ0v) is 14.6. The van der Waals surface area contributed by atoms with Gasteiger partial charge in [-0.1, -0.05) is 15.9 Å². The van der Waals surface area contributed by atoms with Crippen molar-refractivity contribution in [2.75, 3.05) is 0 Å². The maximum absolute atomic E-state index is 12.1. The third-order valence-electron chi connectivity index (χ3n) is 2.82. The summed E-state index contributed by atoms with van der Waals surface area (Å²) < 4.78 is 1.73. The first-order chi connectivity index (χ1) is 8.97. The highest BCUT2D eigenvalue weighted by Crippen LogP contribution is 2.23. The zero-order valence-electron chi connectivity index (χ0n) is 10.6. The molecule has 0 aliphatic carbocycles. The molecule has 5 heteroatoms. The minimum atomic E-state index is -0.0666. The van der Waals surface area contributed by atoms with E-state index in [0.29, 0.717) is 12.1 Å². The van der Waals surface area contributed by atoms with Gasteiger partial charge in [-0.3, -0.25) is 4.79 Å². The smallest absolute Gasteiger partial charge is 0.252 e. The van der Waals surface area contributed by atoms with Gasteiger partial charge in [0.15, 0.2) is 0 Å². The van der Waals surface area contributed by atoms with Crippen LogP contribution in [0.25, 0.3) is 0 Å². The lowest BCUT2D eigenvalue weighted by Gasteiger charge is -2.06. The van der Waals surface area contributed by atoms with Crippen molar-refractivity contribution in [3.63, 3.8) is 0 Å². The molecule has 0 fully saturated rings. The minimum absolute atomic E-state index is 0.0666. The Morgan fingerprint density at radius 3 is 2.58 bits per heavy atom. The fourth-order valence-electron chi connectivity index (χ4n) is 1.67. The van der Waals surface area contributed by atoms with E-state index in [-0.39, 0.29) is 5.91 Å². The molecular formula is C14H13Br2NOS. The number of thiophene rings is 1. The lowest BCUT2D eigenvalue weighted by molar-refractivity contribution is 0.0950. The Balaban J connectivity index is 2.05. The molecule has 1 aromatic carbocycles. The second-order valence-electron chi connectivity index (χ2n) is 4.26. The number of amides is 1. The van der Waals surface area contributed by atoms with E-state index >= 15 is 0 Å². The minimum Gasteiger partial charge on any atom is -0.347 e. The molecule has 1 N–H and O–H groups in total. The summed E-state index contributed by atoms with van der Waals surface area (Å²) >= 11 is 8.50. The van der Waals surface area contributed by atoms with Crippen LogP contribution in [0.15, 0.2) is 33.2 Å². The van der Waals surface area contributed by atoms with Gasteiger partial charge in [0.2, 0.25) is 0 Å². The van der Waals surface area contributed by atoms with Crippen LogP contribution in [0.5, 0.6) is 0 Å². The van der Waals surface area contributed by atoms with Gasteiger partial charge in [0.25, 0.3) is 5.91 Å². The van der Waals surface area contributed by atoms with Crippen LogP contribution in [0.4, 0.5) is 0 Å². The third kappa shape index (κ3) is 3.68. The van der Waals surface area contributed by atoms with E-state index < -0.39 is 0 Å². The first kappa shape index (κ1) is 14.8. The van der Waals surface area contributed by atoms with Crippen LogP contribution in [0.3, 0.4) is 0 Å². The Kier molecular flexibility index (Phi) is 4.81. The summed E-state index contributed by atoms with van der Waals surface area (Å²) in [6.45, 7) is 4.75. The highest BCUT2D eigenvalue weighted by molar-refractivity contribution is 9.11. The Bertz CT molecular complexity index is 602. The maximum atomic E-state index is 12.1. The SMILES string of the molecule is Cc1cc(CNC(=O)c2ccc(Br)cc2Br)sc1C. The van der Waals surface area contributed by atoms with Gasteiger partial charge in [0.05, 0.1) is 12.1 Å². The van der Waals surface area contributed by atoms with E-state index in [0.717, 1.165) is 8.95 Å². The van der Waals surface area contributed by atoms with Gasteiger partial charge in [0, 0.05) is 18.7 Å². The molecule has 0 atom stereocenters. The van der Waals surface area contributed by atoms with Gasteiger partial charge < -0.3 is 5.32 Å². The first-order valence-electron chi connectivity index (χ1n) is 5.76. The Hall–Kier alpha value is -0.650. The van der Waals surface area contributed by atoms with Crippen LogP contribution in [0.2, 0.25) is 0 Å².